The van der Waals surface area contributed by atoms with Crippen molar-refractivity contribution >= 4 is 28.0 Å². The Hall–Kier alpha value is -1.93. The summed E-state index contributed by atoms with van der Waals surface area (Å²) in [5.41, 5.74) is -0.594. The lowest BCUT2D eigenvalue weighted by atomic mass is 9.49. The Kier molecular flexibility index (Phi) is 5.68. The molecule has 7 fully saturated rings. The standard InChI is InChI=1S/C23H27F3O10S/c24-12(23(25,26)37(30,31)32)1-2-33-19(27)13-14-16-17(35-20(14)28)18(15(13)34-16)36-21(29)22-6-9-3-10(7-22)5-11(4-9)8-22/h9-18H,1-8H2,(H,30,31,32). The van der Waals surface area contributed by atoms with Gasteiger partial charge in [-0.15, -0.1) is 0 Å². The molecule has 6 bridgehead atoms. The fourth-order valence-electron chi connectivity index (χ4n) is 8.04. The zero-order valence-corrected chi connectivity index (χ0v) is 20.4. The minimum atomic E-state index is -6.00. The van der Waals surface area contributed by atoms with Gasteiger partial charge in [0, 0.05) is 6.42 Å². The fourth-order valence-corrected chi connectivity index (χ4v) is 8.48. The summed E-state index contributed by atoms with van der Waals surface area (Å²) >= 11 is 0. The minimum Gasteiger partial charge on any atom is -0.465 e. The summed E-state index contributed by atoms with van der Waals surface area (Å²) < 4.78 is 92.4. The van der Waals surface area contributed by atoms with Gasteiger partial charge in [-0.05, 0) is 56.3 Å². The van der Waals surface area contributed by atoms with Crippen LogP contribution in [0.25, 0.3) is 0 Å². The van der Waals surface area contributed by atoms with Crippen LogP contribution in [0, 0.1) is 35.0 Å². The third-order valence-corrected chi connectivity index (χ3v) is 10.2. The highest BCUT2D eigenvalue weighted by Gasteiger charge is 2.72. The first-order valence-electron chi connectivity index (χ1n) is 12.5. The smallest absolute Gasteiger partial charge is 0.400 e. The van der Waals surface area contributed by atoms with Gasteiger partial charge < -0.3 is 18.9 Å². The lowest BCUT2D eigenvalue weighted by Crippen LogP contribution is -2.54. The van der Waals surface area contributed by atoms with E-state index in [1.54, 1.807) is 0 Å². The van der Waals surface area contributed by atoms with Crippen molar-refractivity contribution in [1.82, 2.24) is 0 Å². The number of rotatable bonds is 8. The Morgan fingerprint density at radius 1 is 1.08 bits per heavy atom. The summed E-state index contributed by atoms with van der Waals surface area (Å²) in [5, 5.41) is -5.08. The Morgan fingerprint density at radius 3 is 2.24 bits per heavy atom. The lowest BCUT2D eigenvalue weighted by molar-refractivity contribution is -0.186. The molecule has 10 nitrogen and oxygen atoms in total. The molecule has 14 heteroatoms. The van der Waals surface area contributed by atoms with E-state index in [1.807, 2.05) is 0 Å². The number of halogens is 3. The van der Waals surface area contributed by atoms with Crippen molar-refractivity contribution in [2.75, 3.05) is 6.61 Å². The van der Waals surface area contributed by atoms with Gasteiger partial charge >= 0.3 is 33.3 Å². The quantitative estimate of drug-likeness (QED) is 0.269. The summed E-state index contributed by atoms with van der Waals surface area (Å²) in [4.78, 5) is 38.8. The number of ether oxygens (including phenoxy) is 4. The second-order valence-electron chi connectivity index (χ2n) is 11.5. The molecular formula is C23H27F3O10S. The van der Waals surface area contributed by atoms with Gasteiger partial charge in [-0.1, -0.05) is 0 Å². The van der Waals surface area contributed by atoms with Crippen LogP contribution in [0.4, 0.5) is 13.2 Å². The van der Waals surface area contributed by atoms with Crippen LogP contribution in [0.5, 0.6) is 0 Å². The Balaban J connectivity index is 1.12. The maximum absolute atomic E-state index is 13.7. The predicted molar refractivity (Wildman–Crippen MR) is 113 cm³/mol. The van der Waals surface area contributed by atoms with Crippen molar-refractivity contribution in [2.45, 2.75) is 80.8 Å². The Labute approximate surface area is 210 Å². The molecule has 7 aliphatic rings. The number of fused-ring (bicyclic) bond motifs is 1. The maximum atomic E-state index is 13.7. The van der Waals surface area contributed by atoms with Gasteiger partial charge in [-0.25, -0.2) is 4.39 Å². The van der Waals surface area contributed by atoms with Crippen molar-refractivity contribution < 1.29 is 59.5 Å². The maximum Gasteiger partial charge on any atom is 0.400 e. The average Bonchev–Trinajstić information content (AvgIpc) is 3.41. The SMILES string of the molecule is O=C1OC2C(OC(=O)C34CC5CC(CC(C5)C3)C4)C3OC2C1C3C(=O)OCCC(F)C(F)(F)S(=O)(=O)O. The Bertz CT molecular complexity index is 1090. The molecule has 4 aliphatic carbocycles. The van der Waals surface area contributed by atoms with E-state index >= 15 is 0 Å². The number of esters is 3. The van der Waals surface area contributed by atoms with Crippen LogP contribution >= 0.6 is 0 Å². The molecule has 3 aliphatic heterocycles. The molecule has 37 heavy (non-hydrogen) atoms. The topological polar surface area (TPSA) is 142 Å². The molecule has 0 aromatic heterocycles. The van der Waals surface area contributed by atoms with Gasteiger partial charge in [0.25, 0.3) is 0 Å². The number of hydrogen-bond donors (Lipinski definition) is 1. The summed E-state index contributed by atoms with van der Waals surface area (Å²) in [6.45, 7) is -0.943. The summed E-state index contributed by atoms with van der Waals surface area (Å²) in [5.74, 6) is -3.03. The molecule has 1 N–H and O–H groups in total. The molecule has 7 rings (SSSR count). The number of alkyl halides is 3. The van der Waals surface area contributed by atoms with Gasteiger partial charge in [-0.2, -0.15) is 17.2 Å². The number of hydrogen-bond acceptors (Lipinski definition) is 9. The van der Waals surface area contributed by atoms with Crippen LogP contribution in [-0.2, 0) is 43.4 Å². The third-order valence-electron chi connectivity index (χ3n) is 9.22. The van der Waals surface area contributed by atoms with E-state index in [0.717, 1.165) is 38.5 Å². The molecular weight excluding hydrogens is 525 g/mol. The van der Waals surface area contributed by atoms with E-state index in [9.17, 15) is 36.0 Å². The van der Waals surface area contributed by atoms with E-state index < -0.39 is 88.2 Å². The minimum absolute atomic E-state index is 0.382. The highest BCUT2D eigenvalue weighted by molar-refractivity contribution is 7.86. The number of carbonyl (C=O) groups is 3. The molecule has 4 saturated carbocycles. The van der Waals surface area contributed by atoms with Crippen LogP contribution in [0.3, 0.4) is 0 Å². The zero-order chi connectivity index (χ0) is 26.5. The molecule has 7 atom stereocenters. The normalized spacial score (nSPS) is 44.1. The van der Waals surface area contributed by atoms with Gasteiger partial charge in [0.15, 0.2) is 18.4 Å². The molecule has 3 heterocycles. The lowest BCUT2D eigenvalue weighted by Gasteiger charge is -2.55. The first-order chi connectivity index (χ1) is 17.3. The van der Waals surface area contributed by atoms with E-state index in [1.165, 1.54) is 0 Å². The van der Waals surface area contributed by atoms with Crippen molar-refractivity contribution in [2.24, 2.45) is 35.0 Å². The van der Waals surface area contributed by atoms with Gasteiger partial charge in [0.2, 0.25) is 0 Å². The van der Waals surface area contributed by atoms with Crippen LogP contribution in [0.2, 0.25) is 0 Å². The van der Waals surface area contributed by atoms with E-state index in [2.05, 4.69) is 0 Å². The molecule has 0 aromatic rings. The Morgan fingerprint density at radius 2 is 1.68 bits per heavy atom. The zero-order valence-electron chi connectivity index (χ0n) is 19.6. The molecule has 3 saturated heterocycles. The summed E-state index contributed by atoms with van der Waals surface area (Å²) in [6, 6.07) is 0. The second kappa shape index (κ2) is 8.28. The number of carbonyl (C=O) groups excluding carboxylic acids is 3. The van der Waals surface area contributed by atoms with Crippen LogP contribution in [-0.4, -0.2) is 73.3 Å². The molecule has 0 radical (unpaired) electrons. The highest BCUT2D eigenvalue weighted by atomic mass is 32.2. The third kappa shape index (κ3) is 3.80. The first-order valence-corrected chi connectivity index (χ1v) is 14.0. The van der Waals surface area contributed by atoms with E-state index in [4.69, 9.17) is 23.5 Å². The van der Waals surface area contributed by atoms with Gasteiger partial charge in [0.1, 0.15) is 24.0 Å². The molecule has 0 spiro atoms. The fraction of sp³-hybridized carbons (Fsp3) is 0.870. The predicted octanol–water partition coefficient (Wildman–Crippen LogP) is 1.81. The summed E-state index contributed by atoms with van der Waals surface area (Å²) in [6.07, 6.45) is -2.76. The van der Waals surface area contributed by atoms with E-state index in [0.29, 0.717) is 17.8 Å². The molecule has 0 amide bonds. The van der Waals surface area contributed by atoms with Gasteiger partial charge in [0.05, 0.1) is 12.0 Å². The second-order valence-corrected chi connectivity index (χ2v) is 13.0. The van der Waals surface area contributed by atoms with Crippen LogP contribution < -0.4 is 0 Å². The summed E-state index contributed by atoms with van der Waals surface area (Å²) in [7, 11) is -6.00. The van der Waals surface area contributed by atoms with Crippen molar-refractivity contribution in [3.05, 3.63) is 0 Å². The monoisotopic (exact) mass is 552 g/mol. The van der Waals surface area contributed by atoms with Crippen LogP contribution in [0.15, 0.2) is 0 Å². The average molecular weight is 553 g/mol. The largest absolute Gasteiger partial charge is 0.465 e. The van der Waals surface area contributed by atoms with Crippen molar-refractivity contribution in [3.63, 3.8) is 0 Å². The van der Waals surface area contributed by atoms with Crippen molar-refractivity contribution in [3.8, 4) is 0 Å². The molecule has 0 aromatic carbocycles. The molecule has 7 unspecified atom stereocenters. The highest BCUT2D eigenvalue weighted by Crippen LogP contribution is 2.61. The van der Waals surface area contributed by atoms with E-state index in [-0.39, 0.29) is 5.97 Å². The first kappa shape index (κ1) is 25.4. The molecule has 206 valence electrons. The van der Waals surface area contributed by atoms with Crippen molar-refractivity contribution in [1.29, 1.82) is 0 Å². The van der Waals surface area contributed by atoms with Gasteiger partial charge in [-0.3, -0.25) is 18.9 Å². The van der Waals surface area contributed by atoms with Crippen LogP contribution in [0.1, 0.15) is 44.9 Å².